The molecular weight excluding hydrogens is 270 g/mol. The molecule has 1 unspecified atom stereocenters. The molecule has 5 heteroatoms. The molecule has 1 N–H and O–H groups in total. The Morgan fingerprint density at radius 1 is 1.38 bits per heavy atom. The van der Waals surface area contributed by atoms with E-state index in [4.69, 9.17) is 20.6 Å². The smallest absolute Gasteiger partial charge is 0.161 e. The molecule has 1 fully saturated rings. The van der Waals surface area contributed by atoms with Gasteiger partial charge in [-0.05, 0) is 17.7 Å². The number of rotatable bonds is 6. The van der Waals surface area contributed by atoms with E-state index < -0.39 is 6.10 Å². The van der Waals surface area contributed by atoms with Gasteiger partial charge in [0.15, 0.2) is 11.5 Å². The van der Waals surface area contributed by atoms with Crippen LogP contribution in [0.1, 0.15) is 11.7 Å². The van der Waals surface area contributed by atoms with Gasteiger partial charge in [-0.3, -0.25) is 4.90 Å². The second-order valence-corrected chi connectivity index (χ2v) is 4.78. The van der Waals surface area contributed by atoms with Crippen molar-refractivity contribution in [1.29, 1.82) is 0 Å². The van der Waals surface area contributed by atoms with E-state index in [1.807, 2.05) is 0 Å². The summed E-state index contributed by atoms with van der Waals surface area (Å²) in [6, 6.07) is 5.22. The van der Waals surface area contributed by atoms with Crippen LogP contribution in [0, 0.1) is 12.3 Å². The van der Waals surface area contributed by atoms with Gasteiger partial charge in [-0.15, -0.1) is 6.42 Å². The highest BCUT2D eigenvalue weighted by Gasteiger charge is 2.12. The second kappa shape index (κ2) is 7.89. The van der Waals surface area contributed by atoms with E-state index in [1.165, 1.54) is 0 Å². The highest BCUT2D eigenvalue weighted by Crippen LogP contribution is 2.30. The Bertz CT molecular complexity index is 492. The van der Waals surface area contributed by atoms with Gasteiger partial charge >= 0.3 is 0 Å². The van der Waals surface area contributed by atoms with E-state index in [2.05, 4.69) is 10.8 Å². The van der Waals surface area contributed by atoms with Gasteiger partial charge in [0.25, 0.3) is 0 Å². The molecular formula is C16H21NO4. The molecule has 0 amide bonds. The number of hydrogen-bond acceptors (Lipinski definition) is 5. The lowest BCUT2D eigenvalue weighted by atomic mass is 10.1. The number of methoxy groups -OCH3 is 1. The number of ether oxygens (including phenoxy) is 3. The van der Waals surface area contributed by atoms with Crippen LogP contribution in [0.3, 0.4) is 0 Å². The van der Waals surface area contributed by atoms with Crippen LogP contribution in [-0.4, -0.2) is 56.6 Å². The summed E-state index contributed by atoms with van der Waals surface area (Å²) < 4.78 is 16.3. The van der Waals surface area contributed by atoms with Crippen molar-refractivity contribution in [2.75, 3.05) is 46.6 Å². The first kappa shape index (κ1) is 15.6. The third kappa shape index (κ3) is 4.36. The van der Waals surface area contributed by atoms with Crippen LogP contribution >= 0.6 is 0 Å². The third-order valence-electron chi connectivity index (χ3n) is 3.43. The Labute approximate surface area is 125 Å². The van der Waals surface area contributed by atoms with Gasteiger partial charge in [-0.2, -0.15) is 0 Å². The fourth-order valence-electron chi connectivity index (χ4n) is 2.18. The van der Waals surface area contributed by atoms with Gasteiger partial charge in [-0.1, -0.05) is 12.0 Å². The summed E-state index contributed by atoms with van der Waals surface area (Å²) in [4.78, 5) is 2.30. The molecule has 5 nitrogen and oxygen atoms in total. The first-order chi connectivity index (χ1) is 10.2. The molecule has 1 aromatic rings. The molecule has 2 rings (SSSR count). The molecule has 1 aliphatic rings. The molecule has 21 heavy (non-hydrogen) atoms. The number of morpholine rings is 1. The molecule has 1 saturated heterocycles. The molecule has 0 aromatic heterocycles. The van der Waals surface area contributed by atoms with Crippen molar-refractivity contribution in [2.45, 2.75) is 6.10 Å². The standard InChI is InChI=1S/C16H21NO4/c1-3-14(18)13-4-5-15(16(12-13)19-2)21-11-8-17-6-9-20-10-7-17/h1,4-5,12,14,18H,6-11H2,2H3. The van der Waals surface area contributed by atoms with E-state index in [-0.39, 0.29) is 0 Å². The van der Waals surface area contributed by atoms with Gasteiger partial charge in [-0.25, -0.2) is 0 Å². The average Bonchev–Trinajstić information content (AvgIpc) is 2.55. The minimum Gasteiger partial charge on any atom is -0.493 e. The summed E-state index contributed by atoms with van der Waals surface area (Å²) in [5.74, 6) is 3.50. The quantitative estimate of drug-likeness (QED) is 0.795. The largest absolute Gasteiger partial charge is 0.493 e. The van der Waals surface area contributed by atoms with Crippen molar-refractivity contribution in [1.82, 2.24) is 4.90 Å². The summed E-state index contributed by atoms with van der Waals surface area (Å²) in [5, 5.41) is 9.64. The zero-order valence-corrected chi connectivity index (χ0v) is 12.2. The first-order valence-corrected chi connectivity index (χ1v) is 6.99. The zero-order valence-electron chi connectivity index (χ0n) is 12.2. The van der Waals surface area contributed by atoms with E-state index in [0.717, 1.165) is 32.8 Å². The SMILES string of the molecule is C#CC(O)c1ccc(OCCN2CCOCC2)c(OC)c1. The number of aliphatic hydroxyl groups excluding tert-OH is 1. The lowest BCUT2D eigenvalue weighted by Gasteiger charge is -2.26. The minimum absolute atomic E-state index is 0.573. The molecule has 0 aliphatic carbocycles. The lowest BCUT2D eigenvalue weighted by molar-refractivity contribution is 0.0321. The van der Waals surface area contributed by atoms with E-state index in [0.29, 0.717) is 23.7 Å². The van der Waals surface area contributed by atoms with Crippen LogP contribution in [0.25, 0.3) is 0 Å². The molecule has 0 spiro atoms. The van der Waals surface area contributed by atoms with Crippen molar-refractivity contribution < 1.29 is 19.3 Å². The van der Waals surface area contributed by atoms with E-state index >= 15 is 0 Å². The predicted octanol–water partition coefficient (Wildman–Crippen LogP) is 1.07. The normalized spacial score (nSPS) is 17.0. The van der Waals surface area contributed by atoms with E-state index in [1.54, 1.807) is 25.3 Å². The second-order valence-electron chi connectivity index (χ2n) is 4.78. The molecule has 1 aliphatic heterocycles. The van der Waals surface area contributed by atoms with Crippen molar-refractivity contribution in [2.24, 2.45) is 0 Å². The van der Waals surface area contributed by atoms with Crippen molar-refractivity contribution in [3.05, 3.63) is 23.8 Å². The summed E-state index contributed by atoms with van der Waals surface area (Å²) in [6.07, 6.45) is 4.28. The van der Waals surface area contributed by atoms with Gasteiger partial charge in [0.1, 0.15) is 12.7 Å². The third-order valence-corrected chi connectivity index (χ3v) is 3.43. The van der Waals surface area contributed by atoms with Crippen LogP contribution in [0.2, 0.25) is 0 Å². The number of terminal acetylenes is 1. The maximum absolute atomic E-state index is 9.64. The van der Waals surface area contributed by atoms with Gasteiger partial charge in [0.2, 0.25) is 0 Å². The van der Waals surface area contributed by atoms with Gasteiger partial charge in [0.05, 0.1) is 20.3 Å². The van der Waals surface area contributed by atoms with Crippen LogP contribution in [0.4, 0.5) is 0 Å². The Balaban J connectivity index is 1.91. The van der Waals surface area contributed by atoms with Gasteiger partial charge < -0.3 is 19.3 Å². The molecule has 114 valence electrons. The van der Waals surface area contributed by atoms with Crippen LogP contribution in [0.15, 0.2) is 18.2 Å². The molecule has 0 bridgehead atoms. The molecule has 0 saturated carbocycles. The Kier molecular flexibility index (Phi) is 5.88. The number of hydrogen-bond donors (Lipinski definition) is 1. The topological polar surface area (TPSA) is 51.2 Å². The maximum Gasteiger partial charge on any atom is 0.161 e. The monoisotopic (exact) mass is 291 g/mol. The molecule has 1 heterocycles. The fraction of sp³-hybridized carbons (Fsp3) is 0.500. The highest BCUT2D eigenvalue weighted by molar-refractivity contribution is 5.44. The Morgan fingerprint density at radius 3 is 2.81 bits per heavy atom. The lowest BCUT2D eigenvalue weighted by Crippen LogP contribution is -2.38. The Hall–Kier alpha value is -1.74. The maximum atomic E-state index is 9.64. The number of benzene rings is 1. The minimum atomic E-state index is -0.929. The number of nitrogens with zero attached hydrogens (tertiary/aromatic N) is 1. The van der Waals surface area contributed by atoms with Crippen molar-refractivity contribution >= 4 is 0 Å². The zero-order chi connectivity index (χ0) is 15.1. The van der Waals surface area contributed by atoms with Crippen molar-refractivity contribution in [3.8, 4) is 23.8 Å². The molecule has 1 aromatic carbocycles. The Morgan fingerprint density at radius 2 is 2.14 bits per heavy atom. The van der Waals surface area contributed by atoms with Crippen molar-refractivity contribution in [3.63, 3.8) is 0 Å². The van der Waals surface area contributed by atoms with E-state index in [9.17, 15) is 5.11 Å². The van der Waals surface area contributed by atoms with Crippen LogP contribution < -0.4 is 9.47 Å². The summed E-state index contributed by atoms with van der Waals surface area (Å²) in [6.45, 7) is 4.86. The summed E-state index contributed by atoms with van der Waals surface area (Å²) in [5.41, 5.74) is 0.620. The first-order valence-electron chi connectivity index (χ1n) is 6.99. The van der Waals surface area contributed by atoms with Gasteiger partial charge in [0, 0.05) is 19.6 Å². The molecule has 0 radical (unpaired) electrons. The van der Waals surface area contributed by atoms with Crippen LogP contribution in [0.5, 0.6) is 11.5 Å². The average molecular weight is 291 g/mol. The fourth-order valence-corrected chi connectivity index (χ4v) is 2.18. The predicted molar refractivity (Wildman–Crippen MR) is 79.5 cm³/mol. The highest BCUT2D eigenvalue weighted by atomic mass is 16.5. The summed E-state index contributed by atoms with van der Waals surface area (Å²) in [7, 11) is 1.57. The summed E-state index contributed by atoms with van der Waals surface area (Å²) >= 11 is 0. The molecule has 1 atom stereocenters. The number of aliphatic hydroxyl groups is 1. The van der Waals surface area contributed by atoms with Crippen LogP contribution in [-0.2, 0) is 4.74 Å².